The van der Waals surface area contributed by atoms with Crippen LogP contribution in [-0.2, 0) is 13.6 Å². The van der Waals surface area contributed by atoms with Crippen molar-refractivity contribution in [2.24, 2.45) is 7.05 Å². The highest BCUT2D eigenvalue weighted by atomic mass is 15.3. The van der Waals surface area contributed by atoms with Gasteiger partial charge in [-0.3, -0.25) is 4.68 Å². The van der Waals surface area contributed by atoms with Gasteiger partial charge in [0.25, 0.3) is 0 Å². The maximum Gasteiger partial charge on any atom is 0.200 e. The predicted molar refractivity (Wildman–Crippen MR) is 98.0 cm³/mol. The molecule has 0 aliphatic carbocycles. The van der Waals surface area contributed by atoms with Crippen molar-refractivity contribution in [2.75, 3.05) is 11.1 Å². The minimum Gasteiger partial charge on any atom is -0.376 e. The maximum atomic E-state index is 5.90. The molecule has 1 atom stereocenters. The number of anilines is 2. The number of rotatable bonds is 5. The van der Waals surface area contributed by atoms with E-state index in [0.29, 0.717) is 12.5 Å². The molecule has 4 aromatic rings. The predicted octanol–water partition coefficient (Wildman–Crippen LogP) is 2.60. The molecule has 0 amide bonds. The van der Waals surface area contributed by atoms with Crippen LogP contribution in [0, 0.1) is 0 Å². The molecule has 0 saturated carbocycles. The first kappa shape index (κ1) is 15.2. The molecule has 2 aromatic carbocycles. The number of fused-ring (bicyclic) bond motifs is 1. The van der Waals surface area contributed by atoms with Gasteiger partial charge in [-0.1, -0.05) is 30.3 Å². The zero-order valence-electron chi connectivity index (χ0n) is 13.9. The van der Waals surface area contributed by atoms with Gasteiger partial charge in [-0.15, -0.1) is 0 Å². The molecule has 7 heteroatoms. The Balaban J connectivity index is 1.66. The van der Waals surface area contributed by atoms with Crippen LogP contribution in [0.3, 0.4) is 0 Å². The van der Waals surface area contributed by atoms with E-state index in [1.807, 2.05) is 52.7 Å². The molecule has 126 valence electrons. The van der Waals surface area contributed by atoms with Crippen molar-refractivity contribution in [1.29, 1.82) is 0 Å². The zero-order valence-corrected chi connectivity index (χ0v) is 13.9. The molecule has 0 radical (unpaired) electrons. The maximum absolute atomic E-state index is 5.90. The lowest BCUT2D eigenvalue weighted by Crippen LogP contribution is -2.18. The molecule has 2 aromatic heterocycles. The SMILES string of the molecule is Cn1c(N)nc2cc(N[C@@H](Cn3cncn3)c3ccccc3)ccc21. The third-order valence-electron chi connectivity index (χ3n) is 4.29. The van der Waals surface area contributed by atoms with E-state index in [1.165, 1.54) is 5.56 Å². The van der Waals surface area contributed by atoms with Gasteiger partial charge in [0, 0.05) is 12.7 Å². The minimum absolute atomic E-state index is 0.0569. The summed E-state index contributed by atoms with van der Waals surface area (Å²) in [6, 6.07) is 16.4. The molecule has 0 saturated heterocycles. The van der Waals surface area contributed by atoms with Gasteiger partial charge in [0.2, 0.25) is 5.95 Å². The Bertz CT molecular complexity index is 974. The molecule has 0 aliphatic rings. The van der Waals surface area contributed by atoms with Crippen molar-refractivity contribution < 1.29 is 0 Å². The second-order valence-corrected chi connectivity index (χ2v) is 5.96. The number of hydrogen-bond acceptors (Lipinski definition) is 5. The fourth-order valence-electron chi connectivity index (χ4n) is 2.94. The van der Waals surface area contributed by atoms with Crippen LogP contribution < -0.4 is 11.1 Å². The Kier molecular flexibility index (Phi) is 3.81. The highest BCUT2D eigenvalue weighted by Crippen LogP contribution is 2.25. The standard InChI is InChI=1S/C18H19N7/c1-24-17-8-7-14(9-15(17)23-18(24)19)22-16(10-25-12-20-11-21-25)13-5-3-2-4-6-13/h2-9,11-12,16,22H,10H2,1H3,(H2,19,23)/t16-/m0/s1. The summed E-state index contributed by atoms with van der Waals surface area (Å²) in [5.74, 6) is 0.509. The lowest BCUT2D eigenvalue weighted by Gasteiger charge is -2.20. The first-order chi connectivity index (χ1) is 12.2. The van der Waals surface area contributed by atoms with Gasteiger partial charge in [0.1, 0.15) is 12.7 Å². The normalized spacial score (nSPS) is 12.4. The number of aryl methyl sites for hydroxylation is 1. The van der Waals surface area contributed by atoms with E-state index < -0.39 is 0 Å². The van der Waals surface area contributed by atoms with E-state index in [4.69, 9.17) is 5.73 Å². The molecule has 0 unspecified atom stereocenters. The highest BCUT2D eigenvalue weighted by Gasteiger charge is 2.14. The molecule has 0 bridgehead atoms. The number of nitrogens with one attached hydrogen (secondary N) is 1. The monoisotopic (exact) mass is 333 g/mol. The largest absolute Gasteiger partial charge is 0.376 e. The van der Waals surface area contributed by atoms with Crippen LogP contribution in [0.4, 0.5) is 11.6 Å². The fourth-order valence-corrected chi connectivity index (χ4v) is 2.94. The Labute approximate surface area is 145 Å². The summed E-state index contributed by atoms with van der Waals surface area (Å²) in [5.41, 5.74) is 9.95. The molecule has 0 aliphatic heterocycles. The third-order valence-corrected chi connectivity index (χ3v) is 4.29. The van der Waals surface area contributed by atoms with Gasteiger partial charge in [0.15, 0.2) is 0 Å². The van der Waals surface area contributed by atoms with Crippen LogP contribution in [0.1, 0.15) is 11.6 Å². The molecule has 0 spiro atoms. The van der Waals surface area contributed by atoms with E-state index in [2.05, 4.69) is 32.5 Å². The van der Waals surface area contributed by atoms with E-state index in [1.54, 1.807) is 12.7 Å². The summed E-state index contributed by atoms with van der Waals surface area (Å²) in [6.45, 7) is 0.673. The van der Waals surface area contributed by atoms with Crippen molar-refractivity contribution in [3.8, 4) is 0 Å². The topological polar surface area (TPSA) is 86.6 Å². The molecule has 3 N–H and O–H groups in total. The fraction of sp³-hybridized carbons (Fsp3) is 0.167. The van der Waals surface area contributed by atoms with Crippen LogP contribution in [0.25, 0.3) is 11.0 Å². The Morgan fingerprint density at radius 1 is 1.16 bits per heavy atom. The number of nitrogen functional groups attached to an aromatic ring is 1. The third kappa shape index (κ3) is 3.03. The van der Waals surface area contributed by atoms with Crippen LogP contribution in [-0.4, -0.2) is 24.3 Å². The summed E-state index contributed by atoms with van der Waals surface area (Å²) in [5, 5.41) is 7.80. The molecule has 7 nitrogen and oxygen atoms in total. The summed E-state index contributed by atoms with van der Waals surface area (Å²) < 4.78 is 3.70. The van der Waals surface area contributed by atoms with Gasteiger partial charge >= 0.3 is 0 Å². The quantitative estimate of drug-likeness (QED) is 0.586. The van der Waals surface area contributed by atoms with Crippen molar-refractivity contribution in [3.05, 3.63) is 66.7 Å². The van der Waals surface area contributed by atoms with Crippen LogP contribution in [0.15, 0.2) is 61.2 Å². The average molecular weight is 333 g/mol. The Morgan fingerprint density at radius 2 is 2.00 bits per heavy atom. The minimum atomic E-state index is 0.0569. The number of nitrogens with zero attached hydrogens (tertiary/aromatic N) is 5. The lowest BCUT2D eigenvalue weighted by molar-refractivity contribution is 0.550. The lowest BCUT2D eigenvalue weighted by atomic mass is 10.1. The Hall–Kier alpha value is -3.35. The van der Waals surface area contributed by atoms with Gasteiger partial charge < -0.3 is 15.6 Å². The number of aromatic nitrogens is 5. The first-order valence-corrected chi connectivity index (χ1v) is 8.06. The van der Waals surface area contributed by atoms with Gasteiger partial charge in [0.05, 0.1) is 23.6 Å². The van der Waals surface area contributed by atoms with E-state index in [9.17, 15) is 0 Å². The number of hydrogen-bond donors (Lipinski definition) is 2. The second kappa shape index (κ2) is 6.27. The summed E-state index contributed by atoms with van der Waals surface area (Å²) in [7, 11) is 1.91. The molecular weight excluding hydrogens is 314 g/mol. The highest BCUT2D eigenvalue weighted by molar-refractivity contribution is 5.82. The number of benzene rings is 2. The van der Waals surface area contributed by atoms with Gasteiger partial charge in [-0.25, -0.2) is 9.97 Å². The molecule has 0 fully saturated rings. The average Bonchev–Trinajstić information content (AvgIpc) is 3.24. The van der Waals surface area contributed by atoms with Crippen molar-refractivity contribution in [3.63, 3.8) is 0 Å². The van der Waals surface area contributed by atoms with E-state index in [-0.39, 0.29) is 6.04 Å². The number of nitrogens with two attached hydrogens (primary N) is 1. The summed E-state index contributed by atoms with van der Waals surface area (Å²) in [6.07, 6.45) is 3.27. The van der Waals surface area contributed by atoms with Gasteiger partial charge in [-0.2, -0.15) is 5.10 Å². The van der Waals surface area contributed by atoms with Crippen molar-refractivity contribution in [2.45, 2.75) is 12.6 Å². The second-order valence-electron chi connectivity index (χ2n) is 5.96. The van der Waals surface area contributed by atoms with Crippen LogP contribution in [0.5, 0.6) is 0 Å². The summed E-state index contributed by atoms with van der Waals surface area (Å²) >= 11 is 0. The molecule has 25 heavy (non-hydrogen) atoms. The molecular formula is C18H19N7. The molecule has 2 heterocycles. The van der Waals surface area contributed by atoms with E-state index >= 15 is 0 Å². The molecule has 4 rings (SSSR count). The zero-order chi connectivity index (χ0) is 17.2. The first-order valence-electron chi connectivity index (χ1n) is 8.06. The van der Waals surface area contributed by atoms with Crippen molar-refractivity contribution >= 4 is 22.7 Å². The smallest absolute Gasteiger partial charge is 0.200 e. The van der Waals surface area contributed by atoms with E-state index in [0.717, 1.165) is 16.7 Å². The summed E-state index contributed by atoms with van der Waals surface area (Å²) in [4.78, 5) is 8.43. The van der Waals surface area contributed by atoms with Gasteiger partial charge in [-0.05, 0) is 23.8 Å². The Morgan fingerprint density at radius 3 is 2.76 bits per heavy atom. The number of imidazole rings is 1. The van der Waals surface area contributed by atoms with Crippen molar-refractivity contribution in [1.82, 2.24) is 24.3 Å². The van der Waals surface area contributed by atoms with Crippen LogP contribution in [0.2, 0.25) is 0 Å². The van der Waals surface area contributed by atoms with Crippen LogP contribution >= 0.6 is 0 Å².